The molecule has 1 aliphatic rings. The van der Waals surface area contributed by atoms with Crippen molar-refractivity contribution in [1.29, 1.82) is 0 Å². The summed E-state index contributed by atoms with van der Waals surface area (Å²) in [6.07, 6.45) is -5.48. The molecule has 0 radical (unpaired) electrons. The first-order chi connectivity index (χ1) is 22.3. The van der Waals surface area contributed by atoms with E-state index in [-0.39, 0.29) is 42.7 Å². The van der Waals surface area contributed by atoms with Crippen molar-refractivity contribution in [1.82, 2.24) is 21.3 Å². The fraction of sp³-hybridized carbons (Fsp3) is 0.485. The maximum Gasteiger partial charge on any atom is 0.507 e. The molecule has 262 valence electrons. The Morgan fingerprint density at radius 2 is 1.48 bits per heavy atom. The lowest BCUT2D eigenvalue weighted by Crippen LogP contribution is -2.56. The lowest BCUT2D eigenvalue weighted by atomic mass is 9.96. The highest BCUT2D eigenvalue weighted by molar-refractivity contribution is 5.91. The van der Waals surface area contributed by atoms with Gasteiger partial charge in [-0.05, 0) is 101 Å². The van der Waals surface area contributed by atoms with Gasteiger partial charge >= 0.3 is 18.3 Å². The van der Waals surface area contributed by atoms with E-state index in [4.69, 9.17) is 14.2 Å². The standard InChI is InChI=1S/C33H43FN4O10/c1-32(2,3)47-29(42)35-13-7-8-23-27(40)38-26(46-31(44)45)17-20-14-18(9-11-22(20)34)19-10-12-25(39)21(15-19)16-24(28(41)36-23)37-30(43)48-33(4,5)6/h9-12,14-15,23-24,26,39H,7-8,13,16-17H2,1-6H3,(H,35,42)(H,36,41)(H,37,43)(H,38,40)(H,44,45)/t23-,24-,26-/m0/s1. The first kappa shape index (κ1) is 37.4. The van der Waals surface area contributed by atoms with Crippen LogP contribution < -0.4 is 21.3 Å². The van der Waals surface area contributed by atoms with E-state index < -0.39 is 71.9 Å². The molecule has 4 bridgehead atoms. The van der Waals surface area contributed by atoms with E-state index in [2.05, 4.69) is 21.3 Å². The number of amides is 4. The Morgan fingerprint density at radius 1 is 0.875 bits per heavy atom. The molecule has 0 unspecified atom stereocenters. The van der Waals surface area contributed by atoms with Gasteiger partial charge in [0, 0.05) is 19.4 Å². The van der Waals surface area contributed by atoms with Crippen LogP contribution >= 0.6 is 0 Å². The maximum absolute atomic E-state index is 15.0. The van der Waals surface area contributed by atoms with Crippen LogP contribution in [0.1, 0.15) is 65.5 Å². The quantitative estimate of drug-likeness (QED) is 0.147. The molecular formula is C33H43FN4O10. The van der Waals surface area contributed by atoms with Gasteiger partial charge in [-0.25, -0.2) is 18.8 Å². The lowest BCUT2D eigenvalue weighted by Gasteiger charge is -2.26. The van der Waals surface area contributed by atoms with Crippen LogP contribution in [-0.4, -0.2) is 76.4 Å². The minimum atomic E-state index is -1.73. The molecule has 3 rings (SSSR count). The molecule has 1 aliphatic heterocycles. The molecule has 48 heavy (non-hydrogen) atoms. The second-order valence-corrected chi connectivity index (χ2v) is 13.3. The van der Waals surface area contributed by atoms with Gasteiger partial charge in [-0.2, -0.15) is 0 Å². The molecular weight excluding hydrogens is 631 g/mol. The summed E-state index contributed by atoms with van der Waals surface area (Å²) in [4.78, 5) is 63.8. The van der Waals surface area contributed by atoms with Gasteiger partial charge in [0.05, 0.1) is 0 Å². The topological polar surface area (TPSA) is 202 Å². The second-order valence-electron chi connectivity index (χ2n) is 13.3. The molecule has 0 spiro atoms. The molecule has 4 amide bonds. The summed E-state index contributed by atoms with van der Waals surface area (Å²) in [5.74, 6) is -2.58. The van der Waals surface area contributed by atoms with Gasteiger partial charge < -0.3 is 45.7 Å². The molecule has 0 saturated carbocycles. The van der Waals surface area contributed by atoms with Crippen LogP contribution in [0.15, 0.2) is 36.4 Å². The number of nitrogens with one attached hydrogen (secondary N) is 4. The van der Waals surface area contributed by atoms with Crippen LogP contribution in [0.5, 0.6) is 5.75 Å². The number of aromatic hydroxyl groups is 1. The Labute approximate surface area is 277 Å². The van der Waals surface area contributed by atoms with Gasteiger partial charge in [0.1, 0.15) is 34.9 Å². The SMILES string of the molecule is CC(C)(C)OC(=O)NCCC[C@@H]1NC(=O)[C@@H](NC(=O)OC(C)(C)C)Cc2cc(ccc2O)-c2ccc(F)c(c2)C[C@H](OC(=O)O)NC1=O. The number of alkyl carbamates (subject to hydrolysis) is 2. The van der Waals surface area contributed by atoms with E-state index in [0.717, 1.165) is 0 Å². The summed E-state index contributed by atoms with van der Waals surface area (Å²) >= 11 is 0. The Hall–Kier alpha value is -5.08. The Bertz CT molecular complexity index is 1520. The van der Waals surface area contributed by atoms with Gasteiger partial charge in [-0.1, -0.05) is 12.1 Å². The number of fused-ring (bicyclic) bond motifs is 5. The van der Waals surface area contributed by atoms with Gasteiger partial charge in [-0.3, -0.25) is 9.59 Å². The fourth-order valence-corrected chi connectivity index (χ4v) is 4.77. The third-order valence-corrected chi connectivity index (χ3v) is 6.81. The summed E-state index contributed by atoms with van der Waals surface area (Å²) in [7, 11) is 0. The number of carbonyl (C=O) groups excluding carboxylic acids is 4. The third kappa shape index (κ3) is 11.9. The number of benzene rings is 2. The molecule has 0 aromatic heterocycles. The normalized spacial score (nSPS) is 18.6. The average Bonchev–Trinajstić information content (AvgIpc) is 2.93. The fourth-order valence-electron chi connectivity index (χ4n) is 4.77. The zero-order valence-corrected chi connectivity index (χ0v) is 27.8. The van der Waals surface area contributed by atoms with Crippen LogP contribution in [0, 0.1) is 5.82 Å². The second kappa shape index (κ2) is 15.7. The van der Waals surface area contributed by atoms with Crippen LogP contribution in [-0.2, 0) is 36.6 Å². The van der Waals surface area contributed by atoms with E-state index in [0.29, 0.717) is 11.1 Å². The number of halogens is 1. The Kier molecular flexibility index (Phi) is 12.2. The van der Waals surface area contributed by atoms with Crippen molar-refractivity contribution >= 4 is 30.2 Å². The average molecular weight is 675 g/mol. The molecule has 6 N–H and O–H groups in total. The van der Waals surface area contributed by atoms with Gasteiger partial charge in [0.2, 0.25) is 11.8 Å². The van der Waals surface area contributed by atoms with E-state index in [1.54, 1.807) is 53.7 Å². The monoisotopic (exact) mass is 674 g/mol. The molecule has 3 atom stereocenters. The zero-order chi connectivity index (χ0) is 35.8. The van der Waals surface area contributed by atoms with Crippen molar-refractivity contribution in [3.05, 3.63) is 53.3 Å². The molecule has 15 heteroatoms. The number of phenols is 1. The minimum absolute atomic E-state index is 0.0233. The van der Waals surface area contributed by atoms with E-state index in [1.165, 1.54) is 24.3 Å². The number of phenolic OH excluding ortho intramolecular Hbond substituents is 1. The molecule has 0 fully saturated rings. The number of carbonyl (C=O) groups is 5. The Balaban J connectivity index is 2.02. The summed E-state index contributed by atoms with van der Waals surface area (Å²) in [5.41, 5.74) is -0.380. The van der Waals surface area contributed by atoms with Crippen molar-refractivity contribution in [3.8, 4) is 16.9 Å². The predicted molar refractivity (Wildman–Crippen MR) is 171 cm³/mol. The summed E-state index contributed by atoms with van der Waals surface area (Å²) in [6.45, 7) is 10.0. The number of hydrogen-bond donors (Lipinski definition) is 6. The first-order valence-corrected chi connectivity index (χ1v) is 15.4. The maximum atomic E-state index is 15.0. The first-order valence-electron chi connectivity index (χ1n) is 15.4. The molecule has 2 aromatic rings. The summed E-state index contributed by atoms with van der Waals surface area (Å²) in [5, 5.41) is 30.1. The van der Waals surface area contributed by atoms with Crippen molar-refractivity contribution in [2.75, 3.05) is 6.54 Å². The van der Waals surface area contributed by atoms with E-state index in [1.807, 2.05) is 0 Å². The Morgan fingerprint density at radius 3 is 2.10 bits per heavy atom. The summed E-state index contributed by atoms with van der Waals surface area (Å²) in [6, 6.07) is 5.91. The van der Waals surface area contributed by atoms with Gasteiger partial charge in [0.25, 0.3) is 0 Å². The molecule has 0 aliphatic carbocycles. The van der Waals surface area contributed by atoms with Crippen molar-refractivity contribution in [2.45, 2.75) is 96.7 Å². The van der Waals surface area contributed by atoms with Crippen molar-refractivity contribution in [3.63, 3.8) is 0 Å². The third-order valence-electron chi connectivity index (χ3n) is 6.81. The highest BCUT2D eigenvalue weighted by atomic mass is 19.1. The molecule has 1 heterocycles. The van der Waals surface area contributed by atoms with Crippen molar-refractivity contribution < 1.29 is 52.8 Å². The number of hydrogen-bond acceptors (Lipinski definition) is 9. The zero-order valence-electron chi connectivity index (χ0n) is 27.8. The van der Waals surface area contributed by atoms with Gasteiger partial charge in [-0.15, -0.1) is 0 Å². The predicted octanol–water partition coefficient (Wildman–Crippen LogP) is 4.12. The van der Waals surface area contributed by atoms with Crippen LogP contribution in [0.4, 0.5) is 18.8 Å². The summed E-state index contributed by atoms with van der Waals surface area (Å²) < 4.78 is 30.4. The van der Waals surface area contributed by atoms with Crippen LogP contribution in [0.3, 0.4) is 0 Å². The highest BCUT2D eigenvalue weighted by Gasteiger charge is 2.31. The molecule has 0 saturated heterocycles. The number of carboxylic acid groups (broad SMARTS) is 1. The largest absolute Gasteiger partial charge is 0.508 e. The number of ether oxygens (including phenoxy) is 3. The molecule has 14 nitrogen and oxygen atoms in total. The highest BCUT2D eigenvalue weighted by Crippen LogP contribution is 2.29. The van der Waals surface area contributed by atoms with Gasteiger partial charge in [0.15, 0.2) is 6.23 Å². The number of rotatable bonds is 6. The lowest BCUT2D eigenvalue weighted by molar-refractivity contribution is -0.132. The minimum Gasteiger partial charge on any atom is -0.508 e. The molecule has 2 aromatic carbocycles. The van der Waals surface area contributed by atoms with E-state index >= 15 is 0 Å². The van der Waals surface area contributed by atoms with Crippen LogP contribution in [0.2, 0.25) is 0 Å². The van der Waals surface area contributed by atoms with Crippen molar-refractivity contribution in [2.24, 2.45) is 0 Å². The smallest absolute Gasteiger partial charge is 0.507 e. The van der Waals surface area contributed by atoms with E-state index in [9.17, 15) is 38.6 Å². The van der Waals surface area contributed by atoms with Crippen LogP contribution in [0.25, 0.3) is 11.1 Å².